The van der Waals surface area contributed by atoms with Gasteiger partial charge >= 0.3 is 0 Å². The van der Waals surface area contributed by atoms with E-state index in [1.54, 1.807) is 6.20 Å². The third kappa shape index (κ3) is 1.70. The average Bonchev–Trinajstić information content (AvgIpc) is 2.67. The van der Waals surface area contributed by atoms with Gasteiger partial charge in [0.25, 0.3) is 0 Å². The van der Waals surface area contributed by atoms with Crippen LogP contribution in [0.4, 0.5) is 0 Å². The number of nitrogens with zero attached hydrogens (tertiary/aromatic N) is 3. The number of thiol groups is 1. The van der Waals surface area contributed by atoms with Gasteiger partial charge in [-0.05, 0) is 30.3 Å². The van der Waals surface area contributed by atoms with E-state index < -0.39 is 0 Å². The molecule has 4 heteroatoms. The van der Waals surface area contributed by atoms with E-state index in [1.165, 1.54) is 0 Å². The Hall–Kier alpha value is -1.81. The molecule has 0 amide bonds. The van der Waals surface area contributed by atoms with Crippen molar-refractivity contribution in [2.45, 2.75) is 4.90 Å². The quantitative estimate of drug-likeness (QED) is 0.664. The fraction of sp³-hybridized carbons (Fsp3) is 0.0769. The number of pyridine rings is 1. The second-order valence-corrected chi connectivity index (χ2v) is 4.40. The molecular formula is C13H11N3S. The van der Waals surface area contributed by atoms with E-state index in [0.717, 1.165) is 27.4 Å². The van der Waals surface area contributed by atoms with Gasteiger partial charge in [-0.15, -0.1) is 12.6 Å². The third-order valence-electron chi connectivity index (χ3n) is 2.76. The summed E-state index contributed by atoms with van der Waals surface area (Å²) in [6.07, 6.45) is 1.78. The van der Waals surface area contributed by atoms with Crippen LogP contribution in [0.3, 0.4) is 0 Å². The highest BCUT2D eigenvalue weighted by molar-refractivity contribution is 7.80. The molecule has 0 radical (unpaired) electrons. The maximum Gasteiger partial charge on any atom is 0.159 e. The van der Waals surface area contributed by atoms with Crippen LogP contribution in [-0.4, -0.2) is 14.5 Å². The van der Waals surface area contributed by atoms with E-state index in [2.05, 4.69) is 22.6 Å². The first-order valence-electron chi connectivity index (χ1n) is 5.32. The molecule has 0 atom stereocenters. The van der Waals surface area contributed by atoms with Crippen molar-refractivity contribution < 1.29 is 0 Å². The monoisotopic (exact) mass is 241 g/mol. The molecule has 0 fully saturated rings. The molecule has 0 aliphatic carbocycles. The fourth-order valence-electron chi connectivity index (χ4n) is 1.91. The van der Waals surface area contributed by atoms with Crippen molar-refractivity contribution in [1.82, 2.24) is 14.5 Å². The number of benzene rings is 1. The van der Waals surface area contributed by atoms with E-state index >= 15 is 0 Å². The minimum atomic E-state index is 0.875. The normalized spacial score (nSPS) is 10.9. The van der Waals surface area contributed by atoms with Crippen LogP contribution in [0.1, 0.15) is 0 Å². The number of rotatable bonds is 1. The molecule has 1 aromatic carbocycles. The van der Waals surface area contributed by atoms with Crippen LogP contribution in [0.5, 0.6) is 0 Å². The lowest BCUT2D eigenvalue weighted by molar-refractivity contribution is 0.950. The van der Waals surface area contributed by atoms with Gasteiger partial charge in [-0.1, -0.05) is 6.07 Å². The predicted molar refractivity (Wildman–Crippen MR) is 71.2 cm³/mol. The maximum absolute atomic E-state index is 4.59. The molecule has 3 aromatic rings. The molecule has 2 aromatic heterocycles. The van der Waals surface area contributed by atoms with E-state index in [0.29, 0.717) is 0 Å². The summed E-state index contributed by atoms with van der Waals surface area (Å²) in [6.45, 7) is 0. The van der Waals surface area contributed by atoms with E-state index in [4.69, 9.17) is 0 Å². The Morgan fingerprint density at radius 3 is 2.82 bits per heavy atom. The first-order valence-corrected chi connectivity index (χ1v) is 5.77. The molecule has 2 heterocycles. The second-order valence-electron chi connectivity index (χ2n) is 3.88. The Balaban J connectivity index is 2.28. The molecule has 0 aliphatic heterocycles. The first kappa shape index (κ1) is 10.4. The summed E-state index contributed by atoms with van der Waals surface area (Å²) >= 11 is 4.33. The predicted octanol–water partition coefficient (Wildman–Crippen LogP) is 2.92. The second kappa shape index (κ2) is 3.89. The smallest absolute Gasteiger partial charge is 0.159 e. The molecule has 0 saturated carbocycles. The van der Waals surface area contributed by atoms with Crippen LogP contribution in [0.25, 0.3) is 22.6 Å². The molecule has 0 saturated heterocycles. The maximum atomic E-state index is 4.59. The van der Waals surface area contributed by atoms with E-state index in [1.807, 2.05) is 48.0 Å². The number of imidazole rings is 1. The van der Waals surface area contributed by atoms with Crippen molar-refractivity contribution >= 4 is 23.7 Å². The van der Waals surface area contributed by atoms with E-state index in [-0.39, 0.29) is 0 Å². The molecule has 0 N–H and O–H groups in total. The number of fused-ring (bicyclic) bond motifs is 1. The van der Waals surface area contributed by atoms with Crippen molar-refractivity contribution in [2.75, 3.05) is 0 Å². The van der Waals surface area contributed by atoms with Crippen molar-refractivity contribution in [2.24, 2.45) is 7.05 Å². The molecule has 3 rings (SSSR count). The molecule has 84 valence electrons. The van der Waals surface area contributed by atoms with Crippen molar-refractivity contribution in [3.05, 3.63) is 42.6 Å². The fourth-order valence-corrected chi connectivity index (χ4v) is 2.11. The minimum absolute atomic E-state index is 0.875. The van der Waals surface area contributed by atoms with Crippen molar-refractivity contribution in [3.63, 3.8) is 0 Å². The van der Waals surface area contributed by atoms with Crippen LogP contribution in [0, 0.1) is 0 Å². The summed E-state index contributed by atoms with van der Waals surface area (Å²) in [4.78, 5) is 9.84. The number of aryl methyl sites for hydroxylation is 1. The molecule has 3 nitrogen and oxygen atoms in total. The van der Waals surface area contributed by atoms with Crippen LogP contribution >= 0.6 is 12.6 Å². The summed E-state index contributed by atoms with van der Waals surface area (Å²) in [5.41, 5.74) is 2.91. The van der Waals surface area contributed by atoms with Crippen LogP contribution in [0.2, 0.25) is 0 Å². The Morgan fingerprint density at radius 1 is 1.18 bits per heavy atom. The Kier molecular flexibility index (Phi) is 2.37. The summed E-state index contributed by atoms with van der Waals surface area (Å²) < 4.78 is 2.05. The summed E-state index contributed by atoms with van der Waals surface area (Å²) in [5, 5.41) is 0. The van der Waals surface area contributed by atoms with Gasteiger partial charge in [-0.25, -0.2) is 4.98 Å². The first-order chi connectivity index (χ1) is 8.25. The number of hydrogen-bond acceptors (Lipinski definition) is 3. The average molecular weight is 241 g/mol. The van der Waals surface area contributed by atoms with Gasteiger partial charge in [0.1, 0.15) is 5.69 Å². The molecule has 0 spiro atoms. The highest BCUT2D eigenvalue weighted by Crippen LogP contribution is 2.23. The standard InChI is InChI=1S/C13H11N3S/c1-16-12-6-5-9(17)8-11(12)15-13(16)10-4-2-3-7-14-10/h2-8,17H,1H3. The van der Waals surface area contributed by atoms with Gasteiger partial charge in [0, 0.05) is 18.1 Å². The highest BCUT2D eigenvalue weighted by atomic mass is 32.1. The Morgan fingerprint density at radius 2 is 2.06 bits per heavy atom. The van der Waals surface area contributed by atoms with Gasteiger partial charge in [-0.2, -0.15) is 0 Å². The zero-order valence-corrected chi connectivity index (χ0v) is 10.2. The Labute approximate surface area is 105 Å². The number of hydrogen-bond donors (Lipinski definition) is 1. The lowest BCUT2D eigenvalue weighted by atomic mass is 10.3. The lowest BCUT2D eigenvalue weighted by Gasteiger charge is -2.00. The molecular weight excluding hydrogens is 230 g/mol. The highest BCUT2D eigenvalue weighted by Gasteiger charge is 2.10. The molecule has 0 aliphatic rings. The summed E-state index contributed by atoms with van der Waals surface area (Å²) in [7, 11) is 2.00. The molecule has 0 unspecified atom stereocenters. The summed E-state index contributed by atoms with van der Waals surface area (Å²) in [6, 6.07) is 11.8. The lowest BCUT2D eigenvalue weighted by Crippen LogP contribution is -1.93. The van der Waals surface area contributed by atoms with Crippen molar-refractivity contribution in [3.8, 4) is 11.5 Å². The van der Waals surface area contributed by atoms with Crippen LogP contribution in [-0.2, 0) is 7.05 Å². The zero-order chi connectivity index (χ0) is 11.8. The molecule has 0 bridgehead atoms. The van der Waals surface area contributed by atoms with Gasteiger partial charge < -0.3 is 4.57 Å². The van der Waals surface area contributed by atoms with Gasteiger partial charge in [0.15, 0.2) is 5.82 Å². The van der Waals surface area contributed by atoms with Gasteiger partial charge in [0.2, 0.25) is 0 Å². The summed E-state index contributed by atoms with van der Waals surface area (Å²) in [5.74, 6) is 0.875. The number of aromatic nitrogens is 3. The third-order valence-corrected chi connectivity index (χ3v) is 3.04. The van der Waals surface area contributed by atoms with Gasteiger partial charge in [-0.3, -0.25) is 4.98 Å². The van der Waals surface area contributed by atoms with Crippen LogP contribution in [0.15, 0.2) is 47.5 Å². The van der Waals surface area contributed by atoms with Crippen LogP contribution < -0.4 is 0 Å². The van der Waals surface area contributed by atoms with Gasteiger partial charge in [0.05, 0.1) is 11.0 Å². The SMILES string of the molecule is Cn1c(-c2ccccn2)nc2cc(S)ccc21. The minimum Gasteiger partial charge on any atom is -0.326 e. The van der Waals surface area contributed by atoms with Crippen molar-refractivity contribution in [1.29, 1.82) is 0 Å². The molecule has 17 heavy (non-hydrogen) atoms. The zero-order valence-electron chi connectivity index (χ0n) is 9.33. The van der Waals surface area contributed by atoms with E-state index in [9.17, 15) is 0 Å². The largest absolute Gasteiger partial charge is 0.326 e. The Bertz CT molecular complexity index is 674. The topological polar surface area (TPSA) is 30.7 Å².